The Kier molecular flexibility index (Phi) is 4.26. The van der Waals surface area contributed by atoms with Gasteiger partial charge in [0.15, 0.2) is 11.6 Å². The Morgan fingerprint density at radius 2 is 2.25 bits per heavy atom. The summed E-state index contributed by atoms with van der Waals surface area (Å²) in [5, 5.41) is 17.6. The number of hydrogen-bond donors (Lipinski definition) is 1. The smallest absolute Gasteiger partial charge is 0.311 e. The van der Waals surface area contributed by atoms with Gasteiger partial charge in [-0.15, -0.1) is 0 Å². The van der Waals surface area contributed by atoms with Crippen LogP contribution in [0.4, 0.5) is 5.69 Å². The minimum absolute atomic E-state index is 0.0552. The second-order valence-corrected chi connectivity index (χ2v) is 4.10. The normalized spacial score (nSPS) is 10.5. The van der Waals surface area contributed by atoms with Crippen LogP contribution in [-0.2, 0) is 13.1 Å². The van der Waals surface area contributed by atoms with Crippen molar-refractivity contribution in [1.29, 1.82) is 0 Å². The lowest BCUT2D eigenvalue weighted by Gasteiger charge is -2.05. The summed E-state index contributed by atoms with van der Waals surface area (Å²) in [6, 6.07) is 4.81. The number of nitrogens with one attached hydrogen (secondary N) is 1. The Balaban J connectivity index is 1.99. The average molecular weight is 278 g/mol. The van der Waals surface area contributed by atoms with Gasteiger partial charge in [0.2, 0.25) is 5.89 Å². The molecule has 8 nitrogen and oxygen atoms in total. The number of ether oxygens (including phenoxy) is 1. The molecule has 106 valence electrons. The number of aromatic nitrogens is 2. The Morgan fingerprint density at radius 1 is 1.45 bits per heavy atom. The van der Waals surface area contributed by atoms with Gasteiger partial charge in [-0.1, -0.05) is 11.2 Å². The van der Waals surface area contributed by atoms with Crippen LogP contribution in [-0.4, -0.2) is 22.2 Å². The molecule has 1 heterocycles. The maximum Gasteiger partial charge on any atom is 0.311 e. The van der Waals surface area contributed by atoms with Crippen LogP contribution in [0.15, 0.2) is 22.7 Å². The molecular weight excluding hydrogens is 264 g/mol. The molecule has 0 amide bonds. The lowest BCUT2D eigenvalue weighted by atomic mass is 10.2. The summed E-state index contributed by atoms with van der Waals surface area (Å²) in [6.45, 7) is 2.59. The van der Waals surface area contributed by atoms with Gasteiger partial charge in [0, 0.05) is 12.6 Å². The molecule has 8 heteroatoms. The summed E-state index contributed by atoms with van der Waals surface area (Å²) >= 11 is 0. The zero-order valence-corrected chi connectivity index (χ0v) is 11.1. The molecule has 0 aliphatic rings. The number of methoxy groups -OCH3 is 1. The van der Waals surface area contributed by atoms with Crippen molar-refractivity contribution in [3.63, 3.8) is 0 Å². The molecule has 0 atom stereocenters. The molecule has 0 radical (unpaired) electrons. The van der Waals surface area contributed by atoms with Crippen LogP contribution < -0.4 is 10.1 Å². The van der Waals surface area contributed by atoms with Gasteiger partial charge in [0.05, 0.1) is 18.6 Å². The van der Waals surface area contributed by atoms with Crippen molar-refractivity contribution < 1.29 is 14.2 Å². The quantitative estimate of drug-likeness (QED) is 0.632. The molecule has 1 N–H and O–H groups in total. The first kappa shape index (κ1) is 13.9. The molecule has 0 saturated heterocycles. The van der Waals surface area contributed by atoms with Gasteiger partial charge in [0.25, 0.3) is 0 Å². The molecule has 0 spiro atoms. The van der Waals surface area contributed by atoms with Gasteiger partial charge in [0.1, 0.15) is 0 Å². The van der Waals surface area contributed by atoms with E-state index in [0.717, 1.165) is 5.56 Å². The van der Waals surface area contributed by atoms with E-state index in [-0.39, 0.29) is 11.4 Å². The third-order valence-electron chi connectivity index (χ3n) is 2.61. The Labute approximate surface area is 114 Å². The first-order valence-corrected chi connectivity index (χ1v) is 5.91. The zero-order chi connectivity index (χ0) is 14.5. The number of rotatable bonds is 6. The highest BCUT2D eigenvalue weighted by Crippen LogP contribution is 2.27. The van der Waals surface area contributed by atoms with Crippen LogP contribution in [0, 0.1) is 17.0 Å². The molecule has 1 aromatic carbocycles. The van der Waals surface area contributed by atoms with Crippen molar-refractivity contribution in [2.75, 3.05) is 7.11 Å². The molecule has 0 fully saturated rings. The summed E-state index contributed by atoms with van der Waals surface area (Å²) in [4.78, 5) is 14.5. The van der Waals surface area contributed by atoms with E-state index in [9.17, 15) is 10.1 Å². The topological polar surface area (TPSA) is 103 Å². The molecule has 0 unspecified atom stereocenters. The Hall–Kier alpha value is -2.48. The van der Waals surface area contributed by atoms with Crippen molar-refractivity contribution in [1.82, 2.24) is 15.5 Å². The fourth-order valence-corrected chi connectivity index (χ4v) is 1.71. The summed E-state index contributed by atoms with van der Waals surface area (Å²) in [5.41, 5.74) is 0.717. The standard InChI is InChI=1S/C12H14N4O4/c1-8-14-12(20-15-8)7-13-6-9-3-4-11(19-2)10(5-9)16(17)18/h3-5,13H,6-7H2,1-2H3. The van der Waals surface area contributed by atoms with E-state index in [0.29, 0.717) is 24.8 Å². The molecule has 2 rings (SSSR count). The molecule has 0 aliphatic carbocycles. The molecular formula is C12H14N4O4. The highest BCUT2D eigenvalue weighted by molar-refractivity contribution is 5.48. The molecule has 0 saturated carbocycles. The fraction of sp³-hybridized carbons (Fsp3) is 0.333. The van der Waals surface area contributed by atoms with E-state index in [1.54, 1.807) is 19.1 Å². The van der Waals surface area contributed by atoms with Gasteiger partial charge < -0.3 is 14.6 Å². The zero-order valence-electron chi connectivity index (χ0n) is 11.1. The van der Waals surface area contributed by atoms with E-state index < -0.39 is 4.92 Å². The lowest BCUT2D eigenvalue weighted by Crippen LogP contribution is -2.13. The third kappa shape index (κ3) is 3.29. The fourth-order valence-electron chi connectivity index (χ4n) is 1.71. The van der Waals surface area contributed by atoms with Gasteiger partial charge in [-0.25, -0.2) is 0 Å². The highest BCUT2D eigenvalue weighted by atomic mass is 16.6. The van der Waals surface area contributed by atoms with Crippen LogP contribution >= 0.6 is 0 Å². The first-order valence-electron chi connectivity index (χ1n) is 5.91. The molecule has 1 aromatic heterocycles. The second-order valence-electron chi connectivity index (χ2n) is 4.10. The van der Waals surface area contributed by atoms with Gasteiger partial charge in [-0.2, -0.15) is 4.98 Å². The summed E-state index contributed by atoms with van der Waals surface area (Å²) in [5.74, 6) is 1.29. The Bertz CT molecular complexity index is 611. The maximum atomic E-state index is 10.9. The summed E-state index contributed by atoms with van der Waals surface area (Å²) < 4.78 is 9.89. The van der Waals surface area contributed by atoms with Crippen molar-refractivity contribution in [3.05, 3.63) is 45.6 Å². The highest BCUT2D eigenvalue weighted by Gasteiger charge is 2.14. The maximum absolute atomic E-state index is 10.9. The van der Waals surface area contributed by atoms with Gasteiger partial charge in [-0.3, -0.25) is 10.1 Å². The van der Waals surface area contributed by atoms with E-state index in [4.69, 9.17) is 9.26 Å². The van der Waals surface area contributed by atoms with Crippen LogP contribution in [0.1, 0.15) is 17.3 Å². The van der Waals surface area contributed by atoms with E-state index >= 15 is 0 Å². The molecule has 20 heavy (non-hydrogen) atoms. The predicted octanol–water partition coefficient (Wildman–Crippen LogP) is 1.58. The molecule has 0 bridgehead atoms. The van der Waals surface area contributed by atoms with Crippen molar-refractivity contribution in [3.8, 4) is 5.75 Å². The number of hydrogen-bond acceptors (Lipinski definition) is 7. The average Bonchev–Trinajstić information content (AvgIpc) is 2.84. The Morgan fingerprint density at radius 3 is 2.85 bits per heavy atom. The SMILES string of the molecule is COc1ccc(CNCc2nc(C)no2)cc1[N+](=O)[O-]. The van der Waals surface area contributed by atoms with E-state index in [1.807, 2.05) is 0 Å². The van der Waals surface area contributed by atoms with E-state index in [2.05, 4.69) is 15.5 Å². The van der Waals surface area contributed by atoms with Crippen molar-refractivity contribution in [2.24, 2.45) is 0 Å². The van der Waals surface area contributed by atoms with Crippen LogP contribution in [0.2, 0.25) is 0 Å². The van der Waals surface area contributed by atoms with Crippen molar-refractivity contribution >= 4 is 5.69 Å². The van der Waals surface area contributed by atoms with Gasteiger partial charge >= 0.3 is 5.69 Å². The first-order chi connectivity index (χ1) is 9.60. The minimum atomic E-state index is -0.469. The monoisotopic (exact) mass is 278 g/mol. The largest absolute Gasteiger partial charge is 0.490 e. The number of nitrogens with zero attached hydrogens (tertiary/aromatic N) is 3. The van der Waals surface area contributed by atoms with E-state index in [1.165, 1.54) is 13.2 Å². The van der Waals surface area contributed by atoms with Crippen LogP contribution in [0.3, 0.4) is 0 Å². The lowest BCUT2D eigenvalue weighted by molar-refractivity contribution is -0.385. The number of nitro groups is 1. The van der Waals surface area contributed by atoms with Gasteiger partial charge in [-0.05, 0) is 18.6 Å². The summed E-state index contributed by atoms with van der Waals surface area (Å²) in [7, 11) is 1.40. The second kappa shape index (κ2) is 6.11. The van der Waals surface area contributed by atoms with Crippen LogP contribution in [0.5, 0.6) is 5.75 Å². The third-order valence-corrected chi connectivity index (χ3v) is 2.61. The van der Waals surface area contributed by atoms with Crippen molar-refractivity contribution in [2.45, 2.75) is 20.0 Å². The number of aryl methyl sites for hydroxylation is 1. The minimum Gasteiger partial charge on any atom is -0.490 e. The predicted molar refractivity (Wildman–Crippen MR) is 69.2 cm³/mol. The number of nitro benzene ring substituents is 1. The summed E-state index contributed by atoms with van der Waals surface area (Å²) in [6.07, 6.45) is 0. The number of benzene rings is 1. The van der Waals surface area contributed by atoms with Crippen LogP contribution in [0.25, 0.3) is 0 Å². The molecule has 0 aliphatic heterocycles. The molecule has 2 aromatic rings.